The summed E-state index contributed by atoms with van der Waals surface area (Å²) in [4.78, 5) is 24.1. The van der Waals surface area contributed by atoms with Gasteiger partial charge in [0.1, 0.15) is 0 Å². The number of amides is 1. The highest BCUT2D eigenvalue weighted by atomic mass is 32.2. The molecule has 1 aliphatic heterocycles. The Bertz CT molecular complexity index is 750. The molecule has 2 aliphatic rings. The zero-order valence-electron chi connectivity index (χ0n) is 14.1. The second-order valence-corrected chi connectivity index (χ2v) is 8.40. The third-order valence-corrected chi connectivity index (χ3v) is 6.28. The van der Waals surface area contributed by atoms with Gasteiger partial charge in [0, 0.05) is 19.1 Å². The van der Waals surface area contributed by atoms with Gasteiger partial charge in [-0.15, -0.1) is 0 Å². The number of rotatable bonds is 6. The third kappa shape index (κ3) is 4.19. The molecule has 1 heterocycles. The lowest BCUT2D eigenvalue weighted by molar-refractivity contribution is -0.129. The fourth-order valence-electron chi connectivity index (χ4n) is 2.67. The molecule has 0 bridgehead atoms. The zero-order chi connectivity index (χ0) is 18.0. The number of ether oxygens (including phenoxy) is 1. The van der Waals surface area contributed by atoms with Crippen LogP contribution in [0.5, 0.6) is 0 Å². The maximum atomic E-state index is 12.4. The number of nitrogens with zero attached hydrogens (tertiary/aromatic N) is 1. The van der Waals surface area contributed by atoms with Crippen molar-refractivity contribution in [2.24, 2.45) is 0 Å². The van der Waals surface area contributed by atoms with Crippen molar-refractivity contribution in [2.75, 3.05) is 13.1 Å². The highest BCUT2D eigenvalue weighted by molar-refractivity contribution is 7.89. The van der Waals surface area contributed by atoms with Gasteiger partial charge >= 0.3 is 5.97 Å². The van der Waals surface area contributed by atoms with Crippen molar-refractivity contribution in [3.63, 3.8) is 0 Å². The minimum Gasteiger partial charge on any atom is -0.449 e. The van der Waals surface area contributed by atoms with Gasteiger partial charge in [-0.05, 0) is 56.9 Å². The highest BCUT2D eigenvalue weighted by Gasteiger charge is 2.29. The highest BCUT2D eigenvalue weighted by Crippen LogP contribution is 2.22. The molecule has 136 valence electrons. The van der Waals surface area contributed by atoms with Crippen LogP contribution in [0.25, 0.3) is 0 Å². The second-order valence-electron chi connectivity index (χ2n) is 6.47. The predicted octanol–water partition coefficient (Wildman–Crippen LogP) is 1.29. The lowest BCUT2D eigenvalue weighted by atomic mass is 10.2. The van der Waals surface area contributed by atoms with Crippen LogP contribution < -0.4 is 5.32 Å². The number of carbonyl (C=O) groups excluding carboxylic acids is 2. The summed E-state index contributed by atoms with van der Waals surface area (Å²) in [7, 11) is -3.51. The SMILES string of the molecule is C[C@H](OC(=O)c1ccc(S(=O)(=O)N2CCCC2)cc1)C(=O)NC1CC1. The van der Waals surface area contributed by atoms with Crippen LogP contribution in [-0.2, 0) is 19.6 Å². The predicted molar refractivity (Wildman–Crippen MR) is 90.5 cm³/mol. The number of sulfonamides is 1. The first-order chi connectivity index (χ1) is 11.9. The fraction of sp³-hybridized carbons (Fsp3) is 0.529. The Hall–Kier alpha value is -1.93. The lowest BCUT2D eigenvalue weighted by Gasteiger charge is -2.16. The average Bonchev–Trinajstić information content (AvgIpc) is 3.23. The van der Waals surface area contributed by atoms with Crippen LogP contribution in [0.15, 0.2) is 29.2 Å². The molecule has 1 aliphatic carbocycles. The largest absolute Gasteiger partial charge is 0.449 e. The van der Waals surface area contributed by atoms with E-state index in [1.807, 2.05) is 0 Å². The molecule has 7 nitrogen and oxygen atoms in total. The van der Waals surface area contributed by atoms with E-state index in [1.165, 1.54) is 35.5 Å². The number of hydrogen-bond donors (Lipinski definition) is 1. The Morgan fingerprint density at radius 1 is 1.16 bits per heavy atom. The Morgan fingerprint density at radius 3 is 2.32 bits per heavy atom. The molecule has 0 radical (unpaired) electrons. The summed E-state index contributed by atoms with van der Waals surface area (Å²) in [6.45, 7) is 2.57. The van der Waals surface area contributed by atoms with Crippen molar-refractivity contribution < 1.29 is 22.7 Å². The maximum Gasteiger partial charge on any atom is 0.338 e. The van der Waals surface area contributed by atoms with Crippen LogP contribution in [-0.4, -0.2) is 49.8 Å². The molecule has 1 N–H and O–H groups in total. The van der Waals surface area contributed by atoms with E-state index in [-0.39, 0.29) is 22.4 Å². The first kappa shape index (κ1) is 17.9. The van der Waals surface area contributed by atoms with Gasteiger partial charge in [-0.3, -0.25) is 4.79 Å². The number of nitrogens with one attached hydrogen (secondary N) is 1. The van der Waals surface area contributed by atoms with Crippen molar-refractivity contribution in [1.29, 1.82) is 0 Å². The van der Waals surface area contributed by atoms with Gasteiger partial charge in [0.25, 0.3) is 5.91 Å². The van der Waals surface area contributed by atoms with Gasteiger partial charge in [0.2, 0.25) is 10.0 Å². The van der Waals surface area contributed by atoms with E-state index in [2.05, 4.69) is 5.32 Å². The molecule has 8 heteroatoms. The van der Waals surface area contributed by atoms with E-state index >= 15 is 0 Å². The van der Waals surface area contributed by atoms with E-state index in [0.29, 0.717) is 13.1 Å². The molecular formula is C17H22N2O5S. The summed E-state index contributed by atoms with van der Waals surface area (Å²) >= 11 is 0. The molecule has 25 heavy (non-hydrogen) atoms. The summed E-state index contributed by atoms with van der Waals surface area (Å²) in [5, 5.41) is 2.77. The Kier molecular flexibility index (Phi) is 5.10. The van der Waals surface area contributed by atoms with Crippen molar-refractivity contribution in [3.05, 3.63) is 29.8 Å². The average molecular weight is 366 g/mol. The lowest BCUT2D eigenvalue weighted by Crippen LogP contribution is -2.37. The van der Waals surface area contributed by atoms with E-state index in [1.54, 1.807) is 0 Å². The van der Waals surface area contributed by atoms with Crippen LogP contribution in [0.4, 0.5) is 0 Å². The monoisotopic (exact) mass is 366 g/mol. The summed E-state index contributed by atoms with van der Waals surface area (Å²) in [5.41, 5.74) is 0.214. The van der Waals surface area contributed by atoms with Gasteiger partial charge in [-0.25, -0.2) is 13.2 Å². The summed E-state index contributed by atoms with van der Waals surface area (Å²) in [6, 6.07) is 5.83. The second kappa shape index (κ2) is 7.13. The first-order valence-electron chi connectivity index (χ1n) is 8.49. The van der Waals surface area contributed by atoms with Crippen molar-refractivity contribution in [1.82, 2.24) is 9.62 Å². The van der Waals surface area contributed by atoms with E-state index in [9.17, 15) is 18.0 Å². The van der Waals surface area contributed by atoms with Crippen molar-refractivity contribution in [3.8, 4) is 0 Å². The van der Waals surface area contributed by atoms with Crippen LogP contribution in [0, 0.1) is 0 Å². The molecule has 1 aromatic rings. The maximum absolute atomic E-state index is 12.4. The van der Waals surface area contributed by atoms with E-state index in [4.69, 9.17) is 4.74 Å². The van der Waals surface area contributed by atoms with Gasteiger partial charge < -0.3 is 10.1 Å². The van der Waals surface area contributed by atoms with Crippen molar-refractivity contribution >= 4 is 21.9 Å². The molecule has 1 atom stereocenters. The minimum atomic E-state index is -3.51. The quantitative estimate of drug-likeness (QED) is 0.766. The minimum absolute atomic E-state index is 0.158. The molecule has 1 saturated carbocycles. The summed E-state index contributed by atoms with van der Waals surface area (Å²) < 4.78 is 31.5. The van der Waals surface area contributed by atoms with Crippen LogP contribution in [0.1, 0.15) is 43.0 Å². The van der Waals surface area contributed by atoms with Gasteiger partial charge in [-0.1, -0.05) is 0 Å². The summed E-state index contributed by atoms with van der Waals surface area (Å²) in [5.74, 6) is -0.965. The van der Waals surface area contributed by atoms with Crippen LogP contribution >= 0.6 is 0 Å². The smallest absolute Gasteiger partial charge is 0.338 e. The Labute approximate surface area is 147 Å². The van der Waals surface area contributed by atoms with Gasteiger partial charge in [-0.2, -0.15) is 4.31 Å². The third-order valence-electron chi connectivity index (χ3n) is 4.37. The zero-order valence-corrected chi connectivity index (χ0v) is 14.9. The Morgan fingerprint density at radius 2 is 1.76 bits per heavy atom. The van der Waals surface area contributed by atoms with E-state index in [0.717, 1.165) is 25.7 Å². The number of benzene rings is 1. The normalized spacial score (nSPS) is 19.4. The molecule has 0 unspecified atom stereocenters. The molecule has 1 aromatic carbocycles. The van der Waals surface area contributed by atoms with Crippen LogP contribution in [0.3, 0.4) is 0 Å². The molecule has 1 amide bonds. The van der Waals surface area contributed by atoms with Gasteiger partial charge in [0.15, 0.2) is 6.10 Å². The molecule has 1 saturated heterocycles. The van der Waals surface area contributed by atoms with Gasteiger partial charge in [0.05, 0.1) is 10.5 Å². The molecule has 0 aromatic heterocycles. The molecular weight excluding hydrogens is 344 g/mol. The van der Waals surface area contributed by atoms with Crippen molar-refractivity contribution in [2.45, 2.75) is 49.6 Å². The van der Waals surface area contributed by atoms with E-state index < -0.39 is 22.1 Å². The number of carbonyl (C=O) groups is 2. The standard InChI is InChI=1S/C17H22N2O5S/c1-12(16(20)18-14-6-7-14)24-17(21)13-4-8-15(9-5-13)25(22,23)19-10-2-3-11-19/h4-5,8-9,12,14H,2-3,6-7,10-11H2,1H3,(H,18,20)/t12-/m0/s1. The molecule has 0 spiro atoms. The molecule has 2 fully saturated rings. The van der Waals surface area contributed by atoms with Crippen LogP contribution in [0.2, 0.25) is 0 Å². The topological polar surface area (TPSA) is 92.8 Å². The Balaban J connectivity index is 1.63. The fourth-order valence-corrected chi connectivity index (χ4v) is 4.19. The molecule has 3 rings (SSSR count). The first-order valence-corrected chi connectivity index (χ1v) is 9.93. The summed E-state index contributed by atoms with van der Waals surface area (Å²) in [6.07, 6.45) is 2.76. The number of hydrogen-bond acceptors (Lipinski definition) is 5. The number of esters is 1.